The van der Waals surface area contributed by atoms with Crippen LogP contribution in [0.5, 0.6) is 0 Å². The van der Waals surface area contributed by atoms with Gasteiger partial charge in [-0.15, -0.1) is 0 Å². The fourth-order valence-corrected chi connectivity index (χ4v) is 4.55. The van der Waals surface area contributed by atoms with E-state index in [1.165, 1.54) is 12.8 Å². The molecule has 1 aromatic carbocycles. The van der Waals surface area contributed by atoms with Crippen molar-refractivity contribution in [2.45, 2.75) is 44.6 Å². The normalized spacial score (nSPS) is 20.0. The quantitative estimate of drug-likeness (QED) is 0.747. The summed E-state index contributed by atoms with van der Waals surface area (Å²) in [4.78, 5) is 26.6. The molecule has 1 amide bonds. The van der Waals surface area contributed by atoms with Gasteiger partial charge in [-0.2, -0.15) is 0 Å². The van der Waals surface area contributed by atoms with E-state index in [0.717, 1.165) is 49.0 Å². The highest BCUT2D eigenvalue weighted by atomic mass is 35.5. The minimum Gasteiger partial charge on any atom is -0.347 e. The first-order valence-corrected chi connectivity index (χ1v) is 10.5. The number of likely N-dealkylation sites (tertiary alicyclic amines) is 1. The van der Waals surface area contributed by atoms with Gasteiger partial charge < -0.3 is 9.80 Å². The second kappa shape index (κ2) is 8.08. The summed E-state index contributed by atoms with van der Waals surface area (Å²) in [6.07, 6.45) is 8.24. The first kappa shape index (κ1) is 19.2. The summed E-state index contributed by atoms with van der Waals surface area (Å²) in [5.41, 5.74) is 2.97. The number of benzene rings is 1. The van der Waals surface area contributed by atoms with Crippen molar-refractivity contribution in [2.75, 3.05) is 25.5 Å². The van der Waals surface area contributed by atoms with E-state index in [0.29, 0.717) is 16.9 Å². The largest absolute Gasteiger partial charge is 0.347 e. The number of hydrogen-bond acceptors (Lipinski definition) is 4. The van der Waals surface area contributed by atoms with Crippen LogP contribution in [0.1, 0.15) is 50.3 Å². The van der Waals surface area contributed by atoms with Crippen LogP contribution in [0.2, 0.25) is 5.02 Å². The molecule has 1 saturated heterocycles. The maximum atomic E-state index is 13.2. The molecule has 1 atom stereocenters. The molecule has 1 aliphatic carbocycles. The van der Waals surface area contributed by atoms with E-state index < -0.39 is 0 Å². The molecule has 1 aromatic heterocycles. The Morgan fingerprint density at radius 3 is 2.50 bits per heavy atom. The van der Waals surface area contributed by atoms with Gasteiger partial charge >= 0.3 is 0 Å². The standard InChI is InChI=1S/C22H27ClN4O/c1-26(2)22-24-14-18(15-9-11-17(23)12-10-15)20(25-22)19-8-5-13-27(19)21(28)16-6-3-4-7-16/h9-12,14,16,19H,3-8,13H2,1-2H3. The Morgan fingerprint density at radius 1 is 1.11 bits per heavy atom. The Balaban J connectivity index is 1.74. The number of halogens is 1. The van der Waals surface area contributed by atoms with E-state index in [4.69, 9.17) is 16.6 Å². The second-order valence-electron chi connectivity index (χ2n) is 8.04. The number of rotatable bonds is 4. The predicted octanol–water partition coefficient (Wildman–Crippen LogP) is 4.72. The molecule has 1 unspecified atom stereocenters. The third-order valence-corrected chi connectivity index (χ3v) is 6.17. The van der Waals surface area contributed by atoms with Crippen LogP contribution in [0.3, 0.4) is 0 Å². The van der Waals surface area contributed by atoms with Gasteiger partial charge in [-0.25, -0.2) is 9.97 Å². The van der Waals surface area contributed by atoms with Gasteiger partial charge in [-0.3, -0.25) is 4.79 Å². The summed E-state index contributed by atoms with van der Waals surface area (Å²) >= 11 is 6.08. The van der Waals surface area contributed by atoms with E-state index in [-0.39, 0.29) is 12.0 Å². The molecule has 0 N–H and O–H groups in total. The van der Waals surface area contributed by atoms with Crippen LogP contribution in [-0.2, 0) is 4.79 Å². The number of amides is 1. The van der Waals surface area contributed by atoms with Crippen molar-refractivity contribution in [3.8, 4) is 11.1 Å². The lowest BCUT2D eigenvalue weighted by molar-refractivity contribution is -0.136. The van der Waals surface area contributed by atoms with Gasteiger partial charge in [-0.1, -0.05) is 36.6 Å². The highest BCUT2D eigenvalue weighted by Crippen LogP contribution is 2.39. The highest BCUT2D eigenvalue weighted by molar-refractivity contribution is 6.30. The van der Waals surface area contributed by atoms with Crippen molar-refractivity contribution in [1.82, 2.24) is 14.9 Å². The molecule has 5 nitrogen and oxygen atoms in total. The smallest absolute Gasteiger partial charge is 0.226 e. The van der Waals surface area contributed by atoms with Crippen LogP contribution in [0.15, 0.2) is 30.5 Å². The van der Waals surface area contributed by atoms with Crippen molar-refractivity contribution >= 4 is 23.5 Å². The molecule has 2 fully saturated rings. The Morgan fingerprint density at radius 2 is 1.82 bits per heavy atom. The molecule has 4 rings (SSSR count). The minimum atomic E-state index is 0.0143. The molecular formula is C22H27ClN4O. The summed E-state index contributed by atoms with van der Waals surface area (Å²) in [6.45, 7) is 0.821. The molecule has 0 radical (unpaired) electrons. The van der Waals surface area contributed by atoms with Crippen molar-refractivity contribution in [3.63, 3.8) is 0 Å². The molecule has 148 valence electrons. The lowest BCUT2D eigenvalue weighted by Gasteiger charge is -2.29. The Labute approximate surface area is 171 Å². The molecule has 28 heavy (non-hydrogen) atoms. The molecule has 2 aromatic rings. The van der Waals surface area contributed by atoms with Crippen LogP contribution in [0.25, 0.3) is 11.1 Å². The number of carbonyl (C=O) groups excluding carboxylic acids is 1. The molecule has 2 aliphatic rings. The lowest BCUT2D eigenvalue weighted by Crippen LogP contribution is -2.35. The van der Waals surface area contributed by atoms with Crippen LogP contribution < -0.4 is 4.90 Å². The van der Waals surface area contributed by atoms with Crippen LogP contribution in [-0.4, -0.2) is 41.4 Å². The average molecular weight is 399 g/mol. The van der Waals surface area contributed by atoms with Crippen LogP contribution in [0, 0.1) is 5.92 Å². The lowest BCUT2D eigenvalue weighted by atomic mass is 9.98. The van der Waals surface area contributed by atoms with Gasteiger partial charge in [-0.05, 0) is 43.4 Å². The fraction of sp³-hybridized carbons (Fsp3) is 0.500. The maximum absolute atomic E-state index is 13.2. The molecule has 1 saturated carbocycles. The van der Waals surface area contributed by atoms with Gasteiger partial charge in [0.1, 0.15) is 0 Å². The molecule has 6 heteroatoms. The predicted molar refractivity (Wildman–Crippen MR) is 112 cm³/mol. The van der Waals surface area contributed by atoms with E-state index >= 15 is 0 Å². The second-order valence-corrected chi connectivity index (χ2v) is 8.48. The van der Waals surface area contributed by atoms with Gasteiger partial charge in [0.25, 0.3) is 0 Å². The summed E-state index contributed by atoms with van der Waals surface area (Å²) in [5, 5.41) is 0.704. The van der Waals surface area contributed by atoms with Gasteiger partial charge in [0.2, 0.25) is 11.9 Å². The highest BCUT2D eigenvalue weighted by Gasteiger charge is 2.37. The van der Waals surface area contributed by atoms with Crippen molar-refractivity contribution in [2.24, 2.45) is 5.92 Å². The number of carbonyl (C=O) groups is 1. The molecule has 0 bridgehead atoms. The van der Waals surface area contributed by atoms with Crippen LogP contribution in [0.4, 0.5) is 5.95 Å². The maximum Gasteiger partial charge on any atom is 0.226 e. The number of anilines is 1. The molecule has 0 spiro atoms. The van der Waals surface area contributed by atoms with Crippen molar-refractivity contribution in [1.29, 1.82) is 0 Å². The summed E-state index contributed by atoms with van der Waals surface area (Å²) in [6, 6.07) is 7.78. The van der Waals surface area contributed by atoms with Gasteiger partial charge in [0, 0.05) is 43.3 Å². The van der Waals surface area contributed by atoms with Crippen molar-refractivity contribution < 1.29 is 4.79 Å². The zero-order valence-electron chi connectivity index (χ0n) is 16.6. The van der Waals surface area contributed by atoms with E-state index in [2.05, 4.69) is 9.88 Å². The van der Waals surface area contributed by atoms with Crippen LogP contribution >= 0.6 is 11.6 Å². The van der Waals surface area contributed by atoms with E-state index in [1.807, 2.05) is 49.5 Å². The third-order valence-electron chi connectivity index (χ3n) is 5.92. The van der Waals surface area contributed by atoms with E-state index in [1.54, 1.807) is 0 Å². The number of hydrogen-bond donors (Lipinski definition) is 0. The Kier molecular flexibility index (Phi) is 5.54. The average Bonchev–Trinajstić information content (AvgIpc) is 3.40. The summed E-state index contributed by atoms with van der Waals surface area (Å²) < 4.78 is 0. The Bertz CT molecular complexity index is 846. The minimum absolute atomic E-state index is 0.0143. The monoisotopic (exact) mass is 398 g/mol. The first-order valence-electron chi connectivity index (χ1n) is 10.2. The first-order chi connectivity index (χ1) is 13.5. The zero-order chi connectivity index (χ0) is 19.7. The molecule has 1 aliphatic heterocycles. The van der Waals surface area contributed by atoms with Crippen molar-refractivity contribution in [3.05, 3.63) is 41.2 Å². The summed E-state index contributed by atoms with van der Waals surface area (Å²) in [5.74, 6) is 1.18. The molecule has 2 heterocycles. The SMILES string of the molecule is CN(C)c1ncc(-c2ccc(Cl)cc2)c(C2CCCN2C(=O)C2CCCC2)n1. The number of aromatic nitrogens is 2. The van der Waals surface area contributed by atoms with Gasteiger partial charge in [0.05, 0.1) is 11.7 Å². The summed E-state index contributed by atoms with van der Waals surface area (Å²) in [7, 11) is 3.88. The third kappa shape index (κ3) is 3.72. The molecular weight excluding hydrogens is 372 g/mol. The van der Waals surface area contributed by atoms with Gasteiger partial charge in [0.15, 0.2) is 0 Å². The topological polar surface area (TPSA) is 49.3 Å². The zero-order valence-corrected chi connectivity index (χ0v) is 17.3. The van der Waals surface area contributed by atoms with E-state index in [9.17, 15) is 4.79 Å². The fourth-order valence-electron chi connectivity index (χ4n) is 4.43. The number of nitrogens with zero attached hydrogens (tertiary/aromatic N) is 4. The Hall–Kier alpha value is -2.14.